The van der Waals surface area contributed by atoms with E-state index in [-0.39, 0.29) is 11.8 Å². The minimum Gasteiger partial charge on any atom is -0.340 e. The van der Waals surface area contributed by atoms with Gasteiger partial charge in [0, 0.05) is 29.2 Å². The van der Waals surface area contributed by atoms with Gasteiger partial charge >= 0.3 is 0 Å². The first kappa shape index (κ1) is 20.5. The number of Topliss-reactive ketones (excluding diaryl/α,β-unsaturated/α-hetero) is 1. The number of rotatable bonds is 5. The van der Waals surface area contributed by atoms with E-state index < -0.39 is 10.0 Å². The van der Waals surface area contributed by atoms with Crippen molar-refractivity contribution >= 4 is 38.2 Å². The first-order valence-corrected chi connectivity index (χ1v) is 11.6. The van der Waals surface area contributed by atoms with Gasteiger partial charge in [0.1, 0.15) is 5.82 Å². The van der Waals surface area contributed by atoms with Crippen LogP contribution in [0.4, 0.5) is 11.5 Å². The Hall–Kier alpha value is -2.77. The number of hydrogen-bond acceptors (Lipinski definition) is 5. The molecule has 0 amide bonds. The molecule has 7 heteroatoms. The lowest BCUT2D eigenvalue weighted by Gasteiger charge is -2.32. The van der Waals surface area contributed by atoms with Gasteiger partial charge in [-0.2, -0.15) is 4.31 Å². The van der Waals surface area contributed by atoms with E-state index in [0.29, 0.717) is 28.3 Å². The number of pyridine rings is 1. The first-order valence-electron chi connectivity index (χ1n) is 10.2. The summed E-state index contributed by atoms with van der Waals surface area (Å²) in [7, 11) is -3.52. The fraction of sp³-hybridized carbons (Fsp3) is 0.304. The molecule has 1 N–H and O–H groups in total. The highest BCUT2D eigenvalue weighted by Gasteiger charge is 2.31. The molecule has 2 aromatic carbocycles. The number of fused-ring (bicyclic) bond motifs is 1. The van der Waals surface area contributed by atoms with Gasteiger partial charge in [0.25, 0.3) is 0 Å². The molecule has 0 spiro atoms. The molecule has 2 heterocycles. The molecule has 6 nitrogen and oxygen atoms in total. The van der Waals surface area contributed by atoms with E-state index in [2.05, 4.69) is 10.3 Å². The van der Waals surface area contributed by atoms with Crippen LogP contribution in [0.2, 0.25) is 0 Å². The topological polar surface area (TPSA) is 79.4 Å². The standard InChI is InChI=1S/C23H25N3O3S/c1-16-6-3-4-13-26(16)30(28,29)21-10-11-22-19(15-21)9-12-23(25-22)24-20-8-5-7-18(14-20)17(2)27/h5,7-12,14-16H,3-4,6,13H2,1-2H3,(H,24,25)/t16-/m0/s1. The minimum atomic E-state index is -3.52. The average molecular weight is 424 g/mol. The van der Waals surface area contributed by atoms with Gasteiger partial charge in [-0.15, -0.1) is 0 Å². The summed E-state index contributed by atoms with van der Waals surface area (Å²) >= 11 is 0. The molecule has 0 aliphatic carbocycles. The Morgan fingerprint density at radius 2 is 1.93 bits per heavy atom. The third-order valence-corrected chi connectivity index (χ3v) is 7.56. The molecular weight excluding hydrogens is 398 g/mol. The molecule has 1 aliphatic rings. The highest BCUT2D eigenvalue weighted by Crippen LogP contribution is 2.28. The van der Waals surface area contributed by atoms with Crippen LogP contribution >= 0.6 is 0 Å². The van der Waals surface area contributed by atoms with Gasteiger partial charge in [-0.1, -0.05) is 18.6 Å². The zero-order valence-electron chi connectivity index (χ0n) is 17.1. The number of aromatic nitrogens is 1. The molecule has 0 bridgehead atoms. The average Bonchev–Trinajstić information content (AvgIpc) is 2.73. The van der Waals surface area contributed by atoms with Gasteiger partial charge in [0.2, 0.25) is 10.0 Å². The summed E-state index contributed by atoms with van der Waals surface area (Å²) in [4.78, 5) is 16.5. The van der Waals surface area contributed by atoms with Crippen molar-refractivity contribution in [2.75, 3.05) is 11.9 Å². The highest BCUT2D eigenvalue weighted by molar-refractivity contribution is 7.89. The Labute approximate surface area is 177 Å². The Morgan fingerprint density at radius 3 is 2.70 bits per heavy atom. The van der Waals surface area contributed by atoms with Gasteiger partial charge in [0.15, 0.2) is 5.78 Å². The van der Waals surface area contributed by atoms with Crippen molar-refractivity contribution < 1.29 is 13.2 Å². The van der Waals surface area contributed by atoms with Crippen LogP contribution in [0.1, 0.15) is 43.5 Å². The lowest BCUT2D eigenvalue weighted by atomic mass is 10.1. The van der Waals surface area contributed by atoms with E-state index in [1.807, 2.05) is 31.2 Å². The molecule has 1 fully saturated rings. The zero-order valence-corrected chi connectivity index (χ0v) is 17.9. The van der Waals surface area contributed by atoms with Crippen molar-refractivity contribution in [1.82, 2.24) is 9.29 Å². The summed E-state index contributed by atoms with van der Waals surface area (Å²) < 4.78 is 27.8. The lowest BCUT2D eigenvalue weighted by Crippen LogP contribution is -2.41. The quantitative estimate of drug-likeness (QED) is 0.600. The number of piperidine rings is 1. The normalized spacial score (nSPS) is 17.7. The van der Waals surface area contributed by atoms with Crippen LogP contribution < -0.4 is 5.32 Å². The maximum absolute atomic E-state index is 13.1. The molecule has 4 rings (SSSR count). The lowest BCUT2D eigenvalue weighted by molar-refractivity contribution is 0.101. The van der Waals surface area contributed by atoms with E-state index in [1.54, 1.807) is 34.6 Å². The summed E-state index contributed by atoms with van der Waals surface area (Å²) in [5.74, 6) is 0.630. The molecular formula is C23H25N3O3S. The smallest absolute Gasteiger partial charge is 0.243 e. The molecule has 1 aromatic heterocycles. The SMILES string of the molecule is CC(=O)c1cccc(Nc2ccc3cc(S(=O)(=O)N4CCCC[C@@H]4C)ccc3n2)c1. The predicted octanol–water partition coefficient (Wildman–Crippen LogP) is 4.74. The second-order valence-corrected chi connectivity index (χ2v) is 9.66. The van der Waals surface area contributed by atoms with Gasteiger partial charge < -0.3 is 5.32 Å². The van der Waals surface area contributed by atoms with Crippen LogP contribution in [0.15, 0.2) is 59.5 Å². The number of nitrogens with zero attached hydrogens (tertiary/aromatic N) is 2. The summed E-state index contributed by atoms with van der Waals surface area (Å²) in [6.45, 7) is 4.07. The molecule has 156 valence electrons. The van der Waals surface area contributed by atoms with E-state index in [0.717, 1.165) is 30.3 Å². The van der Waals surface area contributed by atoms with Gasteiger partial charge in [-0.05, 0) is 69.2 Å². The summed E-state index contributed by atoms with van der Waals surface area (Å²) in [5.41, 5.74) is 2.10. The van der Waals surface area contributed by atoms with Gasteiger partial charge in [-0.25, -0.2) is 13.4 Å². The molecule has 0 radical (unpaired) electrons. The van der Waals surface area contributed by atoms with Crippen molar-refractivity contribution in [3.8, 4) is 0 Å². The molecule has 1 atom stereocenters. The van der Waals surface area contributed by atoms with Crippen molar-refractivity contribution in [2.45, 2.75) is 44.0 Å². The number of carbonyl (C=O) groups excluding carboxylic acids is 1. The van der Waals surface area contributed by atoms with Crippen LogP contribution in [-0.4, -0.2) is 36.1 Å². The number of nitrogens with one attached hydrogen (secondary N) is 1. The third-order valence-electron chi connectivity index (χ3n) is 5.55. The number of carbonyl (C=O) groups is 1. The first-order chi connectivity index (χ1) is 14.3. The molecule has 1 aliphatic heterocycles. The molecule has 30 heavy (non-hydrogen) atoms. The van der Waals surface area contributed by atoms with Crippen molar-refractivity contribution in [2.24, 2.45) is 0 Å². The van der Waals surface area contributed by atoms with Crippen molar-refractivity contribution in [3.05, 3.63) is 60.2 Å². The zero-order chi connectivity index (χ0) is 21.3. The van der Waals surface area contributed by atoms with E-state index >= 15 is 0 Å². The number of ketones is 1. The molecule has 0 unspecified atom stereocenters. The summed E-state index contributed by atoms with van der Waals surface area (Å²) in [5, 5.41) is 3.97. The Bertz CT molecular complexity index is 1210. The van der Waals surface area contributed by atoms with Crippen molar-refractivity contribution in [3.63, 3.8) is 0 Å². The maximum Gasteiger partial charge on any atom is 0.243 e. The number of benzene rings is 2. The highest BCUT2D eigenvalue weighted by atomic mass is 32.2. The summed E-state index contributed by atoms with van der Waals surface area (Å²) in [6, 6.07) is 16.0. The minimum absolute atomic E-state index is 0.00174. The van der Waals surface area contributed by atoms with E-state index in [9.17, 15) is 13.2 Å². The Balaban J connectivity index is 1.61. The molecule has 1 saturated heterocycles. The fourth-order valence-corrected chi connectivity index (χ4v) is 5.60. The third kappa shape index (κ3) is 4.08. The number of anilines is 2. The van der Waals surface area contributed by atoms with E-state index in [4.69, 9.17) is 0 Å². The van der Waals surface area contributed by atoms with Crippen LogP contribution in [0.5, 0.6) is 0 Å². The Kier molecular flexibility index (Phi) is 5.58. The Morgan fingerprint density at radius 1 is 1.10 bits per heavy atom. The molecule has 0 saturated carbocycles. The monoisotopic (exact) mass is 423 g/mol. The second-order valence-electron chi connectivity index (χ2n) is 7.77. The van der Waals surface area contributed by atoms with Crippen LogP contribution in [0.3, 0.4) is 0 Å². The summed E-state index contributed by atoms with van der Waals surface area (Å²) in [6.07, 6.45) is 2.87. The van der Waals surface area contributed by atoms with Crippen LogP contribution in [-0.2, 0) is 10.0 Å². The predicted molar refractivity (Wildman–Crippen MR) is 119 cm³/mol. The largest absolute Gasteiger partial charge is 0.340 e. The fourth-order valence-electron chi connectivity index (χ4n) is 3.86. The van der Waals surface area contributed by atoms with Crippen LogP contribution in [0, 0.1) is 0 Å². The van der Waals surface area contributed by atoms with Gasteiger partial charge in [0.05, 0.1) is 10.4 Å². The maximum atomic E-state index is 13.1. The van der Waals surface area contributed by atoms with E-state index in [1.165, 1.54) is 6.92 Å². The van der Waals surface area contributed by atoms with Crippen LogP contribution in [0.25, 0.3) is 10.9 Å². The molecule has 3 aromatic rings. The number of sulfonamides is 1. The van der Waals surface area contributed by atoms with Gasteiger partial charge in [-0.3, -0.25) is 4.79 Å². The van der Waals surface area contributed by atoms with Crippen molar-refractivity contribution in [1.29, 1.82) is 0 Å². The number of hydrogen-bond donors (Lipinski definition) is 1. The second kappa shape index (κ2) is 8.16.